The van der Waals surface area contributed by atoms with Crippen molar-refractivity contribution in [1.82, 2.24) is 0 Å². The van der Waals surface area contributed by atoms with E-state index in [1.165, 1.54) is 0 Å². The predicted molar refractivity (Wildman–Crippen MR) is 26.5 cm³/mol. The Hall–Kier alpha value is -1.08. The smallest absolute Gasteiger partial charge is 0.351 e. The van der Waals surface area contributed by atoms with Crippen LogP contribution in [-0.2, 0) is 9.53 Å². The van der Waals surface area contributed by atoms with Crippen LogP contribution in [0.25, 0.3) is 0 Å². The van der Waals surface area contributed by atoms with Gasteiger partial charge in [-0.25, -0.2) is 4.79 Å². The number of carboxylic acid groups (broad SMARTS) is 1. The summed E-state index contributed by atoms with van der Waals surface area (Å²) in [6.07, 6.45) is 0.304. The number of carbonyl (C=O) groups is 1. The van der Waals surface area contributed by atoms with Crippen molar-refractivity contribution in [2.24, 2.45) is 0 Å². The highest BCUT2D eigenvalue weighted by molar-refractivity contribution is 5.82. The van der Waals surface area contributed by atoms with Crippen molar-refractivity contribution in [1.29, 1.82) is 5.26 Å². The van der Waals surface area contributed by atoms with Crippen LogP contribution in [0.15, 0.2) is 0 Å². The lowest BCUT2D eigenvalue weighted by Gasteiger charge is -2.30. The standard InChI is InChI=1S/C5H5NO3/c6-3-5(4(7)8)1-2-9-5/h1-2H2,(H,7,8)/t5-/m1/s1. The Morgan fingerprint density at radius 2 is 2.44 bits per heavy atom. The first kappa shape index (κ1) is 6.05. The molecule has 1 N–H and O–H groups in total. The van der Waals surface area contributed by atoms with E-state index in [0.29, 0.717) is 13.0 Å². The number of hydrogen-bond donors (Lipinski definition) is 1. The summed E-state index contributed by atoms with van der Waals surface area (Å²) in [5, 5.41) is 16.6. The zero-order valence-electron chi connectivity index (χ0n) is 4.63. The monoisotopic (exact) mass is 127 g/mol. The molecule has 48 valence electrons. The van der Waals surface area contributed by atoms with Crippen LogP contribution in [-0.4, -0.2) is 23.3 Å². The van der Waals surface area contributed by atoms with Crippen LogP contribution in [0.3, 0.4) is 0 Å². The van der Waals surface area contributed by atoms with E-state index in [-0.39, 0.29) is 0 Å². The van der Waals surface area contributed by atoms with E-state index in [1.54, 1.807) is 6.07 Å². The summed E-state index contributed by atoms with van der Waals surface area (Å²) in [6.45, 7) is 0.375. The third-order valence-electron chi connectivity index (χ3n) is 1.33. The van der Waals surface area contributed by atoms with Crippen molar-refractivity contribution in [3.8, 4) is 6.07 Å². The number of nitriles is 1. The molecule has 1 atom stereocenters. The summed E-state index contributed by atoms with van der Waals surface area (Å²) < 4.78 is 4.57. The Bertz CT molecular complexity index is 177. The lowest BCUT2D eigenvalue weighted by molar-refractivity contribution is -0.178. The second-order valence-electron chi connectivity index (χ2n) is 1.84. The Balaban J connectivity index is 2.71. The highest BCUT2D eigenvalue weighted by Gasteiger charge is 2.46. The molecule has 1 aliphatic rings. The van der Waals surface area contributed by atoms with Crippen LogP contribution >= 0.6 is 0 Å². The van der Waals surface area contributed by atoms with Gasteiger partial charge in [0.1, 0.15) is 6.07 Å². The summed E-state index contributed by atoms with van der Waals surface area (Å²) in [5.41, 5.74) is -1.51. The Kier molecular flexibility index (Phi) is 1.15. The van der Waals surface area contributed by atoms with Gasteiger partial charge in [0.05, 0.1) is 6.61 Å². The largest absolute Gasteiger partial charge is 0.478 e. The molecular weight excluding hydrogens is 122 g/mol. The second kappa shape index (κ2) is 1.71. The van der Waals surface area contributed by atoms with Crippen LogP contribution in [0.1, 0.15) is 6.42 Å². The van der Waals surface area contributed by atoms with Gasteiger partial charge in [-0.05, 0) is 0 Å². The number of carboxylic acids is 1. The number of aliphatic carboxylic acids is 1. The first-order chi connectivity index (χ1) is 4.21. The van der Waals surface area contributed by atoms with Crippen LogP contribution in [0.5, 0.6) is 0 Å². The van der Waals surface area contributed by atoms with Crippen molar-refractivity contribution < 1.29 is 14.6 Å². The van der Waals surface area contributed by atoms with Gasteiger partial charge in [0.2, 0.25) is 0 Å². The van der Waals surface area contributed by atoms with Crippen LogP contribution in [0, 0.1) is 11.3 Å². The quantitative estimate of drug-likeness (QED) is 0.527. The molecule has 4 nitrogen and oxygen atoms in total. The Labute approximate surface area is 51.7 Å². The van der Waals surface area contributed by atoms with E-state index in [9.17, 15) is 4.79 Å². The minimum absolute atomic E-state index is 0.304. The normalized spacial score (nSPS) is 32.3. The summed E-state index contributed by atoms with van der Waals surface area (Å²) in [4.78, 5) is 10.2. The van der Waals surface area contributed by atoms with Crippen molar-refractivity contribution in [3.05, 3.63) is 0 Å². The average Bonchev–Trinajstić information content (AvgIpc) is 1.62. The first-order valence-electron chi connectivity index (χ1n) is 2.50. The third kappa shape index (κ3) is 0.661. The second-order valence-corrected chi connectivity index (χ2v) is 1.84. The zero-order valence-corrected chi connectivity index (χ0v) is 4.63. The SMILES string of the molecule is N#C[C@@]1(C(=O)O)CCO1. The van der Waals surface area contributed by atoms with E-state index in [1.807, 2.05) is 0 Å². The molecule has 0 aromatic rings. The maximum Gasteiger partial charge on any atom is 0.351 e. The molecule has 0 bridgehead atoms. The van der Waals surface area contributed by atoms with E-state index in [4.69, 9.17) is 10.4 Å². The highest BCUT2D eigenvalue weighted by Crippen LogP contribution is 2.25. The molecule has 4 heteroatoms. The average molecular weight is 127 g/mol. The highest BCUT2D eigenvalue weighted by atomic mass is 16.5. The number of rotatable bonds is 1. The van der Waals surface area contributed by atoms with Crippen molar-refractivity contribution in [2.45, 2.75) is 12.0 Å². The molecule has 1 rings (SSSR count). The van der Waals surface area contributed by atoms with Gasteiger partial charge in [0.25, 0.3) is 5.60 Å². The predicted octanol–water partition coefficient (Wildman–Crippen LogP) is -0.246. The lowest BCUT2D eigenvalue weighted by Crippen LogP contribution is -2.49. The van der Waals surface area contributed by atoms with Crippen molar-refractivity contribution >= 4 is 5.97 Å². The Morgan fingerprint density at radius 3 is 2.44 bits per heavy atom. The van der Waals surface area contributed by atoms with E-state index >= 15 is 0 Å². The third-order valence-corrected chi connectivity index (χ3v) is 1.33. The van der Waals surface area contributed by atoms with Crippen molar-refractivity contribution in [2.75, 3.05) is 6.61 Å². The summed E-state index contributed by atoms with van der Waals surface area (Å²) in [7, 11) is 0. The minimum atomic E-state index is -1.51. The summed E-state index contributed by atoms with van der Waals surface area (Å²) >= 11 is 0. The fraction of sp³-hybridized carbons (Fsp3) is 0.600. The molecule has 1 fully saturated rings. The van der Waals surface area contributed by atoms with Gasteiger partial charge in [-0.1, -0.05) is 0 Å². The molecule has 0 aliphatic carbocycles. The van der Waals surface area contributed by atoms with Crippen molar-refractivity contribution in [3.63, 3.8) is 0 Å². The Morgan fingerprint density at radius 1 is 1.89 bits per heavy atom. The van der Waals surface area contributed by atoms with Gasteiger partial charge in [0, 0.05) is 6.42 Å². The van der Waals surface area contributed by atoms with E-state index < -0.39 is 11.6 Å². The van der Waals surface area contributed by atoms with E-state index in [2.05, 4.69) is 4.74 Å². The number of hydrogen-bond acceptors (Lipinski definition) is 3. The van der Waals surface area contributed by atoms with Gasteiger partial charge in [-0.15, -0.1) is 0 Å². The minimum Gasteiger partial charge on any atom is -0.478 e. The van der Waals surface area contributed by atoms with Gasteiger partial charge < -0.3 is 9.84 Å². The van der Waals surface area contributed by atoms with Gasteiger partial charge in [0.15, 0.2) is 0 Å². The topological polar surface area (TPSA) is 70.3 Å². The molecule has 0 radical (unpaired) electrons. The summed E-state index contributed by atoms with van der Waals surface area (Å²) in [5.74, 6) is -1.18. The van der Waals surface area contributed by atoms with Crippen LogP contribution in [0.4, 0.5) is 0 Å². The number of ether oxygens (including phenoxy) is 1. The zero-order chi connectivity index (χ0) is 6.91. The van der Waals surface area contributed by atoms with Crippen LogP contribution in [0.2, 0.25) is 0 Å². The molecule has 9 heavy (non-hydrogen) atoms. The number of nitrogens with zero attached hydrogens (tertiary/aromatic N) is 1. The maximum absolute atomic E-state index is 10.2. The van der Waals surface area contributed by atoms with Gasteiger partial charge in [-0.3, -0.25) is 0 Å². The molecule has 1 saturated heterocycles. The van der Waals surface area contributed by atoms with Crippen LogP contribution < -0.4 is 0 Å². The summed E-state index contributed by atoms with van der Waals surface area (Å²) in [6, 6.07) is 1.59. The molecule has 1 heterocycles. The lowest BCUT2D eigenvalue weighted by atomic mass is 9.97. The first-order valence-corrected chi connectivity index (χ1v) is 2.50. The molecule has 0 aromatic carbocycles. The van der Waals surface area contributed by atoms with E-state index in [0.717, 1.165) is 0 Å². The molecule has 0 saturated carbocycles. The van der Waals surface area contributed by atoms with Gasteiger partial charge in [-0.2, -0.15) is 5.26 Å². The van der Waals surface area contributed by atoms with Gasteiger partial charge >= 0.3 is 5.97 Å². The fourth-order valence-corrected chi connectivity index (χ4v) is 0.611. The maximum atomic E-state index is 10.2. The fourth-order valence-electron chi connectivity index (χ4n) is 0.611. The molecule has 0 aromatic heterocycles. The molecule has 0 unspecified atom stereocenters. The molecule has 0 amide bonds. The molecule has 1 aliphatic heterocycles. The molecular formula is C5H5NO3. The molecule has 0 spiro atoms.